The van der Waals surface area contributed by atoms with E-state index in [2.05, 4.69) is 142 Å². The molecule has 0 amide bonds. The van der Waals surface area contributed by atoms with Crippen LogP contribution in [0.15, 0.2) is 115 Å². The lowest BCUT2D eigenvalue weighted by Crippen LogP contribution is -2.32. The van der Waals surface area contributed by atoms with E-state index >= 15 is 0 Å². The highest BCUT2D eigenvalue weighted by molar-refractivity contribution is 6.04. The standard InChI is InChI=1S/C45H33N3/c1-27-9-16-34-33(32-13-18-36-35-17-10-28(26-46)24-39(35)45(2,3)40(36)25-32)19-20-37(38(34)23-27)42-22-15-31-12-11-30-14-21-41(29-7-5-4-6-8-29)47-43(30)44(31)48-42/h4-8,10-25,27H,9H2,1-3H3/t27-/m1/s1. The van der Waals surface area contributed by atoms with Gasteiger partial charge >= 0.3 is 0 Å². The average molecular weight is 616 g/mol. The summed E-state index contributed by atoms with van der Waals surface area (Å²) >= 11 is 0. The van der Waals surface area contributed by atoms with Crippen LogP contribution in [0.3, 0.4) is 0 Å². The van der Waals surface area contributed by atoms with Gasteiger partial charge in [0.2, 0.25) is 0 Å². The van der Waals surface area contributed by atoms with E-state index in [4.69, 9.17) is 9.97 Å². The highest BCUT2D eigenvalue weighted by atomic mass is 14.8. The fourth-order valence-corrected chi connectivity index (χ4v) is 7.83. The topological polar surface area (TPSA) is 49.6 Å². The number of benzene rings is 5. The van der Waals surface area contributed by atoms with Crippen molar-refractivity contribution in [3.05, 3.63) is 142 Å². The second kappa shape index (κ2) is 10.6. The van der Waals surface area contributed by atoms with Crippen molar-refractivity contribution in [3.8, 4) is 50.8 Å². The van der Waals surface area contributed by atoms with Crippen molar-refractivity contribution in [2.24, 2.45) is 5.92 Å². The van der Waals surface area contributed by atoms with Gasteiger partial charge in [-0.3, -0.25) is 0 Å². The van der Waals surface area contributed by atoms with Gasteiger partial charge in [0.25, 0.3) is 0 Å². The summed E-state index contributed by atoms with van der Waals surface area (Å²) in [7, 11) is 0. The summed E-state index contributed by atoms with van der Waals surface area (Å²) in [5, 5.41) is 14.3. The maximum absolute atomic E-state index is 9.57. The lowest BCUT2D eigenvalue weighted by Gasteiger charge is -2.22. The fourth-order valence-electron chi connectivity index (χ4n) is 7.83. The minimum absolute atomic E-state index is 0.190. The third-order valence-electron chi connectivity index (χ3n) is 10.4. The highest BCUT2D eigenvalue weighted by Gasteiger charge is 2.36. The van der Waals surface area contributed by atoms with Crippen LogP contribution in [-0.2, 0) is 5.41 Å². The minimum atomic E-state index is -0.190. The molecule has 3 nitrogen and oxygen atoms in total. The molecule has 9 rings (SSSR count). The van der Waals surface area contributed by atoms with Crippen LogP contribution in [0.4, 0.5) is 0 Å². The molecule has 0 N–H and O–H groups in total. The molecular weight excluding hydrogens is 583 g/mol. The van der Waals surface area contributed by atoms with Crippen LogP contribution >= 0.6 is 0 Å². The minimum Gasteiger partial charge on any atom is -0.245 e. The third kappa shape index (κ3) is 4.33. The van der Waals surface area contributed by atoms with Crippen molar-refractivity contribution < 1.29 is 0 Å². The monoisotopic (exact) mass is 615 g/mol. The Kier molecular flexibility index (Phi) is 6.26. The van der Waals surface area contributed by atoms with Crippen molar-refractivity contribution in [1.82, 2.24) is 9.97 Å². The third-order valence-corrected chi connectivity index (χ3v) is 10.4. The Labute approximate surface area is 280 Å². The summed E-state index contributed by atoms with van der Waals surface area (Å²) in [4.78, 5) is 10.5. The van der Waals surface area contributed by atoms with Crippen LogP contribution in [0, 0.1) is 17.2 Å². The van der Waals surface area contributed by atoms with Crippen LogP contribution in [0.25, 0.3) is 78.7 Å². The van der Waals surface area contributed by atoms with E-state index in [9.17, 15) is 5.26 Å². The first kappa shape index (κ1) is 28.4. The molecule has 2 aromatic heterocycles. The van der Waals surface area contributed by atoms with E-state index < -0.39 is 0 Å². The molecule has 0 saturated heterocycles. The van der Waals surface area contributed by atoms with Gasteiger partial charge in [0.1, 0.15) is 0 Å². The summed E-state index contributed by atoms with van der Waals surface area (Å²) < 4.78 is 0. The summed E-state index contributed by atoms with van der Waals surface area (Å²) in [6.07, 6.45) is 5.84. The SMILES string of the molecule is C[C@H]1C=c2c(-c3ccc4ccc5ccc(-c6ccccc6)nc5c4n3)ccc(-c3ccc4c(c3)C(C)(C)c3cc(C#N)ccc3-4)c2=CC1. The van der Waals surface area contributed by atoms with Crippen molar-refractivity contribution >= 4 is 34.0 Å². The highest BCUT2D eigenvalue weighted by Crippen LogP contribution is 2.49. The number of nitriles is 1. The number of pyridine rings is 2. The maximum Gasteiger partial charge on any atom is 0.0991 e. The van der Waals surface area contributed by atoms with Gasteiger partial charge in [-0.2, -0.15) is 5.26 Å². The lowest BCUT2D eigenvalue weighted by molar-refractivity contribution is 0.660. The van der Waals surface area contributed by atoms with E-state index in [1.54, 1.807) is 0 Å². The van der Waals surface area contributed by atoms with Gasteiger partial charge in [0.05, 0.1) is 34.1 Å². The zero-order valence-electron chi connectivity index (χ0n) is 27.3. The van der Waals surface area contributed by atoms with Gasteiger partial charge < -0.3 is 0 Å². The molecule has 228 valence electrons. The molecule has 0 saturated carbocycles. The number of nitrogens with zero attached hydrogens (tertiary/aromatic N) is 3. The van der Waals surface area contributed by atoms with Crippen molar-refractivity contribution in [3.63, 3.8) is 0 Å². The predicted octanol–water partition coefficient (Wildman–Crippen LogP) is 9.56. The molecule has 1 atom stereocenters. The first-order valence-corrected chi connectivity index (χ1v) is 16.7. The van der Waals surface area contributed by atoms with Crippen LogP contribution in [0.5, 0.6) is 0 Å². The number of aromatic nitrogens is 2. The van der Waals surface area contributed by atoms with Gasteiger partial charge in [-0.05, 0) is 86.5 Å². The Hall–Kier alpha value is -5.85. The molecule has 2 heterocycles. The zero-order valence-corrected chi connectivity index (χ0v) is 27.3. The maximum atomic E-state index is 9.57. The van der Waals surface area contributed by atoms with Gasteiger partial charge in [0.15, 0.2) is 0 Å². The normalized spacial score (nSPS) is 15.6. The molecule has 0 aliphatic heterocycles. The van der Waals surface area contributed by atoms with Crippen LogP contribution in [-0.4, -0.2) is 9.97 Å². The Balaban J connectivity index is 1.20. The van der Waals surface area contributed by atoms with E-state index in [0.717, 1.165) is 50.7 Å². The van der Waals surface area contributed by atoms with Crippen LogP contribution in [0.1, 0.15) is 43.9 Å². The van der Waals surface area contributed by atoms with Gasteiger partial charge in [-0.1, -0.05) is 118 Å². The van der Waals surface area contributed by atoms with Crippen molar-refractivity contribution in [2.75, 3.05) is 0 Å². The van der Waals surface area contributed by atoms with Gasteiger partial charge in [-0.25, -0.2) is 9.97 Å². The molecule has 0 unspecified atom stereocenters. The number of fused-ring (bicyclic) bond motifs is 7. The molecule has 0 fully saturated rings. The average Bonchev–Trinajstić information content (AvgIpc) is 3.35. The molecule has 0 bridgehead atoms. The Morgan fingerprint density at radius 2 is 1.25 bits per heavy atom. The summed E-state index contributed by atoms with van der Waals surface area (Å²) in [6.45, 7) is 6.84. The van der Waals surface area contributed by atoms with E-state index in [1.165, 1.54) is 43.8 Å². The Morgan fingerprint density at radius 3 is 2.00 bits per heavy atom. The molecule has 0 radical (unpaired) electrons. The second-order valence-electron chi connectivity index (χ2n) is 13.8. The smallest absolute Gasteiger partial charge is 0.0991 e. The second-order valence-corrected chi connectivity index (χ2v) is 13.8. The molecule has 5 aromatic carbocycles. The number of rotatable bonds is 3. The number of hydrogen-bond acceptors (Lipinski definition) is 3. The first-order chi connectivity index (χ1) is 23.4. The van der Waals surface area contributed by atoms with E-state index in [0.29, 0.717) is 11.5 Å². The fraction of sp³-hybridized carbons (Fsp3) is 0.133. The van der Waals surface area contributed by atoms with Crippen LogP contribution < -0.4 is 10.4 Å². The summed E-state index contributed by atoms with van der Waals surface area (Å²) in [5.41, 5.74) is 14.0. The molecule has 48 heavy (non-hydrogen) atoms. The Bertz CT molecular complexity index is 2640. The van der Waals surface area contributed by atoms with E-state index in [1.807, 2.05) is 12.1 Å². The van der Waals surface area contributed by atoms with E-state index in [-0.39, 0.29) is 5.41 Å². The van der Waals surface area contributed by atoms with Gasteiger partial charge in [-0.15, -0.1) is 0 Å². The van der Waals surface area contributed by atoms with Crippen molar-refractivity contribution in [1.29, 1.82) is 5.26 Å². The quantitative estimate of drug-likeness (QED) is 0.186. The predicted molar refractivity (Wildman–Crippen MR) is 198 cm³/mol. The lowest BCUT2D eigenvalue weighted by atomic mass is 9.81. The summed E-state index contributed by atoms with van der Waals surface area (Å²) in [5.74, 6) is 0.436. The molecule has 0 spiro atoms. The Morgan fingerprint density at radius 1 is 0.625 bits per heavy atom. The van der Waals surface area contributed by atoms with Crippen LogP contribution in [0.2, 0.25) is 0 Å². The molecule has 2 aliphatic carbocycles. The molecule has 7 aromatic rings. The molecule has 2 aliphatic rings. The number of hydrogen-bond donors (Lipinski definition) is 0. The largest absolute Gasteiger partial charge is 0.245 e. The van der Waals surface area contributed by atoms with Crippen molar-refractivity contribution in [2.45, 2.75) is 32.6 Å². The molecule has 3 heteroatoms. The molecular formula is C45H33N3. The zero-order chi connectivity index (χ0) is 32.6. The van der Waals surface area contributed by atoms with Gasteiger partial charge in [0, 0.05) is 27.3 Å². The first-order valence-electron chi connectivity index (χ1n) is 16.7. The summed E-state index contributed by atoms with van der Waals surface area (Å²) in [6, 6.07) is 43.1.